The van der Waals surface area contributed by atoms with Crippen molar-refractivity contribution in [1.29, 1.82) is 0 Å². The number of ether oxygens (including phenoxy) is 1. The van der Waals surface area contributed by atoms with E-state index < -0.39 is 0 Å². The SMILES string of the molecule is CNC[C@@H]1C[C@@H]1Oc1cccc2ccccc12. The Hall–Kier alpha value is -1.54. The summed E-state index contributed by atoms with van der Waals surface area (Å²) in [6.07, 6.45) is 1.57. The van der Waals surface area contributed by atoms with Crippen LogP contribution in [0.1, 0.15) is 6.42 Å². The topological polar surface area (TPSA) is 21.3 Å². The fourth-order valence-corrected chi connectivity index (χ4v) is 2.30. The molecule has 1 fully saturated rings. The van der Waals surface area contributed by atoms with E-state index in [0.29, 0.717) is 12.0 Å². The number of benzene rings is 2. The van der Waals surface area contributed by atoms with Crippen molar-refractivity contribution in [2.45, 2.75) is 12.5 Å². The molecule has 88 valence electrons. The standard InChI is InChI=1S/C15H17NO/c1-16-10-12-9-15(12)17-14-8-4-6-11-5-2-3-7-13(11)14/h2-8,12,15-16H,9-10H2,1H3/t12-,15-/m0/s1. The van der Waals surface area contributed by atoms with E-state index in [1.807, 2.05) is 7.05 Å². The highest BCUT2D eigenvalue weighted by atomic mass is 16.5. The van der Waals surface area contributed by atoms with Gasteiger partial charge in [0.2, 0.25) is 0 Å². The summed E-state index contributed by atoms with van der Waals surface area (Å²) in [6.45, 7) is 1.05. The normalized spacial score (nSPS) is 22.6. The summed E-state index contributed by atoms with van der Waals surface area (Å²) >= 11 is 0. The Labute approximate surface area is 102 Å². The lowest BCUT2D eigenvalue weighted by Gasteiger charge is -2.09. The van der Waals surface area contributed by atoms with Crippen LogP contribution in [0, 0.1) is 5.92 Å². The van der Waals surface area contributed by atoms with Crippen molar-refractivity contribution in [1.82, 2.24) is 5.32 Å². The highest BCUT2D eigenvalue weighted by Gasteiger charge is 2.38. The molecule has 0 saturated heterocycles. The summed E-state index contributed by atoms with van der Waals surface area (Å²) in [5.41, 5.74) is 0. The third-order valence-electron chi connectivity index (χ3n) is 3.35. The Balaban J connectivity index is 1.82. The lowest BCUT2D eigenvalue weighted by molar-refractivity contribution is 0.287. The van der Waals surface area contributed by atoms with Crippen LogP contribution < -0.4 is 10.1 Å². The van der Waals surface area contributed by atoms with Crippen molar-refractivity contribution >= 4 is 10.8 Å². The molecule has 17 heavy (non-hydrogen) atoms. The molecule has 0 radical (unpaired) electrons. The molecule has 0 aliphatic heterocycles. The second-order valence-corrected chi connectivity index (χ2v) is 4.69. The van der Waals surface area contributed by atoms with Crippen molar-refractivity contribution in [2.24, 2.45) is 5.92 Å². The lowest BCUT2D eigenvalue weighted by Crippen LogP contribution is -2.13. The summed E-state index contributed by atoms with van der Waals surface area (Å²) < 4.78 is 6.06. The van der Waals surface area contributed by atoms with Crippen molar-refractivity contribution in [3.63, 3.8) is 0 Å². The van der Waals surface area contributed by atoms with Gasteiger partial charge in [0.25, 0.3) is 0 Å². The van der Waals surface area contributed by atoms with Gasteiger partial charge in [0, 0.05) is 17.8 Å². The van der Waals surface area contributed by atoms with Crippen molar-refractivity contribution < 1.29 is 4.74 Å². The fourth-order valence-electron chi connectivity index (χ4n) is 2.30. The first-order chi connectivity index (χ1) is 8.38. The number of hydrogen-bond donors (Lipinski definition) is 1. The maximum absolute atomic E-state index is 6.06. The fraction of sp³-hybridized carbons (Fsp3) is 0.333. The van der Waals surface area contributed by atoms with E-state index in [9.17, 15) is 0 Å². The Morgan fingerprint density at radius 1 is 1.18 bits per heavy atom. The van der Waals surface area contributed by atoms with Crippen LogP contribution in [0.4, 0.5) is 0 Å². The molecule has 2 atom stereocenters. The van der Waals surface area contributed by atoms with Gasteiger partial charge >= 0.3 is 0 Å². The molecule has 0 unspecified atom stereocenters. The largest absolute Gasteiger partial charge is 0.489 e. The molecule has 0 amide bonds. The van der Waals surface area contributed by atoms with Crippen molar-refractivity contribution in [2.75, 3.05) is 13.6 Å². The molecule has 1 saturated carbocycles. The summed E-state index contributed by atoms with van der Waals surface area (Å²) in [4.78, 5) is 0. The maximum atomic E-state index is 6.06. The molecular weight excluding hydrogens is 210 g/mol. The third kappa shape index (κ3) is 2.13. The third-order valence-corrected chi connectivity index (χ3v) is 3.35. The van der Waals surface area contributed by atoms with E-state index in [2.05, 4.69) is 47.8 Å². The Morgan fingerprint density at radius 2 is 2.00 bits per heavy atom. The zero-order valence-corrected chi connectivity index (χ0v) is 10.0. The van der Waals surface area contributed by atoms with Gasteiger partial charge in [-0.05, 0) is 24.9 Å². The van der Waals surface area contributed by atoms with Crippen LogP contribution in [0.25, 0.3) is 10.8 Å². The van der Waals surface area contributed by atoms with Crippen LogP contribution in [-0.2, 0) is 0 Å². The van der Waals surface area contributed by atoms with E-state index in [4.69, 9.17) is 4.74 Å². The van der Waals surface area contributed by atoms with Gasteiger partial charge in [0.15, 0.2) is 0 Å². The number of nitrogens with one attached hydrogen (secondary N) is 1. The number of fused-ring (bicyclic) bond motifs is 1. The van der Waals surface area contributed by atoms with Gasteiger partial charge < -0.3 is 10.1 Å². The first-order valence-corrected chi connectivity index (χ1v) is 6.17. The van der Waals surface area contributed by atoms with Gasteiger partial charge in [-0.2, -0.15) is 0 Å². The Kier molecular flexibility index (Phi) is 2.73. The first kappa shape index (κ1) is 10.6. The second-order valence-electron chi connectivity index (χ2n) is 4.69. The summed E-state index contributed by atoms with van der Waals surface area (Å²) in [7, 11) is 1.99. The van der Waals surface area contributed by atoms with Crippen LogP contribution >= 0.6 is 0 Å². The van der Waals surface area contributed by atoms with Gasteiger partial charge in [-0.15, -0.1) is 0 Å². The molecule has 2 nitrogen and oxygen atoms in total. The van der Waals surface area contributed by atoms with E-state index in [1.54, 1.807) is 0 Å². The average Bonchev–Trinajstić information content (AvgIpc) is 3.08. The molecule has 0 spiro atoms. The minimum Gasteiger partial charge on any atom is -0.489 e. The molecule has 1 aliphatic rings. The van der Waals surface area contributed by atoms with E-state index in [1.165, 1.54) is 17.2 Å². The smallest absolute Gasteiger partial charge is 0.127 e. The summed E-state index contributed by atoms with van der Waals surface area (Å²) in [6, 6.07) is 14.6. The highest BCUT2D eigenvalue weighted by Crippen LogP contribution is 2.36. The monoisotopic (exact) mass is 227 g/mol. The van der Waals surface area contributed by atoms with Gasteiger partial charge in [0.1, 0.15) is 11.9 Å². The molecule has 2 aromatic carbocycles. The van der Waals surface area contributed by atoms with E-state index in [0.717, 1.165) is 12.3 Å². The summed E-state index contributed by atoms with van der Waals surface area (Å²) in [5, 5.41) is 5.66. The quantitative estimate of drug-likeness (QED) is 0.867. The number of rotatable bonds is 4. The van der Waals surface area contributed by atoms with E-state index in [-0.39, 0.29) is 0 Å². The Bertz CT molecular complexity index is 518. The van der Waals surface area contributed by atoms with Crippen LogP contribution in [0.15, 0.2) is 42.5 Å². The van der Waals surface area contributed by atoms with Crippen molar-refractivity contribution in [3.8, 4) is 5.75 Å². The minimum absolute atomic E-state index is 0.397. The van der Waals surface area contributed by atoms with Gasteiger partial charge in [-0.25, -0.2) is 0 Å². The molecule has 0 aromatic heterocycles. The van der Waals surface area contributed by atoms with Crippen LogP contribution in [-0.4, -0.2) is 19.7 Å². The van der Waals surface area contributed by atoms with Crippen LogP contribution in [0.3, 0.4) is 0 Å². The highest BCUT2D eigenvalue weighted by molar-refractivity contribution is 5.88. The van der Waals surface area contributed by atoms with E-state index >= 15 is 0 Å². The summed E-state index contributed by atoms with van der Waals surface area (Å²) in [5.74, 6) is 1.70. The Morgan fingerprint density at radius 3 is 2.88 bits per heavy atom. The molecule has 2 heteroatoms. The molecule has 0 bridgehead atoms. The number of hydrogen-bond acceptors (Lipinski definition) is 2. The second kappa shape index (κ2) is 4.38. The predicted molar refractivity (Wildman–Crippen MR) is 70.4 cm³/mol. The molecule has 1 aliphatic carbocycles. The molecule has 3 rings (SSSR count). The van der Waals surface area contributed by atoms with Crippen LogP contribution in [0.2, 0.25) is 0 Å². The molecular formula is C15H17NO. The van der Waals surface area contributed by atoms with Crippen LogP contribution in [0.5, 0.6) is 5.75 Å². The predicted octanol–water partition coefficient (Wildman–Crippen LogP) is 2.83. The first-order valence-electron chi connectivity index (χ1n) is 6.17. The molecule has 0 heterocycles. The molecule has 1 N–H and O–H groups in total. The van der Waals surface area contributed by atoms with Gasteiger partial charge in [-0.3, -0.25) is 0 Å². The van der Waals surface area contributed by atoms with Crippen molar-refractivity contribution in [3.05, 3.63) is 42.5 Å². The van der Waals surface area contributed by atoms with Gasteiger partial charge in [0.05, 0.1) is 0 Å². The lowest BCUT2D eigenvalue weighted by atomic mass is 10.1. The zero-order valence-electron chi connectivity index (χ0n) is 10.0. The zero-order chi connectivity index (χ0) is 11.7. The maximum Gasteiger partial charge on any atom is 0.127 e. The van der Waals surface area contributed by atoms with Gasteiger partial charge in [-0.1, -0.05) is 36.4 Å². The minimum atomic E-state index is 0.397. The average molecular weight is 227 g/mol. The molecule has 2 aromatic rings.